The molecule has 0 aromatic carbocycles. The van der Waals surface area contributed by atoms with Gasteiger partial charge in [0.2, 0.25) is 0 Å². The van der Waals surface area contributed by atoms with Crippen LogP contribution in [0.1, 0.15) is 8.35 Å². The van der Waals surface area contributed by atoms with E-state index in [0.29, 0.717) is 0 Å². The van der Waals surface area contributed by atoms with Crippen LogP contribution in [0, 0.1) is 23.7 Å². The van der Waals surface area contributed by atoms with Crippen LogP contribution in [0.3, 0.4) is 0 Å². The van der Waals surface area contributed by atoms with E-state index in [1.165, 1.54) is 0 Å². The summed E-state index contributed by atoms with van der Waals surface area (Å²) >= 11 is 0. The highest BCUT2D eigenvalue weighted by molar-refractivity contribution is 5.70. The lowest BCUT2D eigenvalue weighted by molar-refractivity contribution is -0.332. The molecule has 2 bridgehead atoms. The molecule has 0 aromatic heterocycles. The van der Waals surface area contributed by atoms with Gasteiger partial charge in [0.05, 0.1) is 135 Å². The number of aliphatic carboxylic acids is 1. The van der Waals surface area contributed by atoms with Crippen LogP contribution in [0.25, 0.3) is 0 Å². The Bertz CT molecular complexity index is 1750. The Morgan fingerprint density at radius 1 is 0.427 bits per heavy atom. The topological polar surface area (TPSA) is 475 Å². The molecule has 24 unspecified atom stereocenters. The van der Waals surface area contributed by atoms with Gasteiger partial charge >= 0.3 is 1.43 Å². The van der Waals surface area contributed by atoms with Crippen molar-refractivity contribution in [2.45, 2.75) is 166 Å². The zero-order chi connectivity index (χ0) is 54.6. The Morgan fingerprint density at radius 2 is 0.853 bits per heavy atom. The molecule has 0 radical (unpaired) electrons. The first-order chi connectivity index (χ1) is 35.7. The Labute approximate surface area is 430 Å². The summed E-state index contributed by atoms with van der Waals surface area (Å²) < 4.78 is 68.6. The van der Waals surface area contributed by atoms with Crippen molar-refractivity contribution >= 4 is 5.97 Å². The minimum Gasteiger partial charge on any atom is -0.547 e. The van der Waals surface area contributed by atoms with Gasteiger partial charge in [-0.2, -0.15) is 0 Å². The van der Waals surface area contributed by atoms with Gasteiger partial charge in [0.15, 0.2) is 6.29 Å². The van der Waals surface area contributed by atoms with E-state index < -0.39 is 261 Å². The first kappa shape index (κ1) is 61.0. The number of fused-ring (bicyclic) bond motifs is 3. The molecule has 7 aliphatic heterocycles. The van der Waals surface area contributed by atoms with Gasteiger partial charge in [-0.25, -0.2) is 0 Å². The van der Waals surface area contributed by atoms with Crippen LogP contribution in [0.15, 0.2) is 0 Å². The van der Waals surface area contributed by atoms with E-state index in [1.807, 2.05) is 0 Å². The molecule has 7 saturated heterocycles. The van der Waals surface area contributed by atoms with Crippen molar-refractivity contribution in [1.82, 2.24) is 0 Å². The molecule has 7 heterocycles. The Balaban J connectivity index is 0.00000937. The second kappa shape index (κ2) is 27.2. The number of hydrogen-bond donors (Lipinski definition) is 16. The zero-order valence-electron chi connectivity index (χ0n) is 41.9. The molecular weight excluding hydrogens is 1020 g/mol. The number of aliphatic hydroxyl groups is 16. The Morgan fingerprint density at radius 3 is 1.44 bits per heavy atom. The smallest absolute Gasteiger partial charge is 0.547 e. The molecule has 30 heteroatoms. The van der Waals surface area contributed by atoms with Gasteiger partial charge in [0.25, 0.3) is 0 Å². The summed E-state index contributed by atoms with van der Waals surface area (Å²) in [6, 6.07) is 0. The average Bonchev–Trinajstić information content (AvgIpc) is 3.43. The molecule has 30 atom stereocenters. The van der Waals surface area contributed by atoms with E-state index in [9.17, 15) is 91.6 Å². The second-order valence-corrected chi connectivity index (χ2v) is 20.3. The summed E-state index contributed by atoms with van der Waals surface area (Å²) in [4.78, 5) is 12.4. The van der Waals surface area contributed by atoms with Crippen LogP contribution in [-0.2, 0) is 61.6 Å². The second-order valence-electron chi connectivity index (χ2n) is 20.3. The summed E-state index contributed by atoms with van der Waals surface area (Å²) in [5, 5.41) is 181. The largest absolute Gasteiger partial charge is 1.00 e. The maximum absolute atomic E-state index is 12.4. The highest BCUT2D eigenvalue weighted by atomic mass is 16.7. The van der Waals surface area contributed by atoms with Crippen molar-refractivity contribution in [1.29, 1.82) is 0 Å². The number of carbonyl (C=O) groups is 1. The van der Waals surface area contributed by atoms with Crippen molar-refractivity contribution in [3.63, 3.8) is 0 Å². The molecule has 7 rings (SSSR count). The number of carboxylic acids is 1. The molecule has 30 nitrogen and oxygen atoms in total. The third kappa shape index (κ3) is 13.6. The molecule has 16 N–H and O–H groups in total. The predicted molar refractivity (Wildman–Crippen MR) is 236 cm³/mol. The molecule has 436 valence electrons. The maximum Gasteiger partial charge on any atom is 1.00 e. The lowest BCUT2D eigenvalue weighted by Gasteiger charge is -2.45. The van der Waals surface area contributed by atoms with E-state index >= 15 is 0 Å². The zero-order valence-corrected chi connectivity index (χ0v) is 40.9. The summed E-state index contributed by atoms with van der Waals surface area (Å²) in [5.41, 5.74) is 0. The highest BCUT2D eigenvalue weighted by Gasteiger charge is 2.53. The highest BCUT2D eigenvalue weighted by Crippen LogP contribution is 2.35. The van der Waals surface area contributed by atoms with Crippen molar-refractivity contribution in [2.75, 3.05) is 85.9 Å². The first-order valence-corrected chi connectivity index (χ1v) is 25.1. The van der Waals surface area contributed by atoms with Crippen molar-refractivity contribution in [3.8, 4) is 0 Å². The molecule has 0 aromatic rings. The number of aliphatic hydroxyl groups excluding tert-OH is 16. The van der Waals surface area contributed by atoms with Crippen molar-refractivity contribution < 1.29 is 150 Å². The van der Waals surface area contributed by atoms with Crippen LogP contribution in [-0.4, -0.2) is 332 Å². The lowest BCUT2D eigenvalue weighted by atomic mass is 9.86. The van der Waals surface area contributed by atoms with Crippen LogP contribution in [0.5, 0.6) is 0 Å². The molecule has 7 aliphatic rings. The fourth-order valence-electron chi connectivity index (χ4n) is 10.7. The van der Waals surface area contributed by atoms with Crippen LogP contribution in [0.4, 0.5) is 0 Å². The van der Waals surface area contributed by atoms with Gasteiger partial charge < -0.3 is 148 Å². The summed E-state index contributed by atoms with van der Waals surface area (Å²) in [6.45, 7) is -4.39. The van der Waals surface area contributed by atoms with Crippen LogP contribution in [0.2, 0.25) is 0 Å². The molecule has 0 amide bonds. The van der Waals surface area contributed by atoms with Gasteiger partial charge in [-0.05, 0) is 6.92 Å². The number of rotatable bonds is 20. The number of carboxylic acid groups (broad SMARTS) is 1. The maximum atomic E-state index is 12.4. The van der Waals surface area contributed by atoms with Crippen LogP contribution >= 0.6 is 0 Å². The SMILES string of the molecule is CC1OC(CO)C(O)[C@@H](O)C1COCC1OC(CO)C(COCC2OC(C(=O)[O-])C(COCC3OC4COC5OC(COCC6OC(CO)C(O)[C@@H](O)C6O)C(O)[C@@H](O)C5OC[C@@H](C3O)C4O)[C@@H](O)C2O)[C@@H](O)C1O.[H+]. The molecule has 7 fully saturated rings. The molecule has 0 aliphatic carbocycles. The van der Waals surface area contributed by atoms with Gasteiger partial charge in [-0.15, -0.1) is 0 Å². The molecule has 0 saturated carbocycles. The van der Waals surface area contributed by atoms with E-state index in [2.05, 4.69) is 0 Å². The monoisotopic (exact) mass is 1100 g/mol. The van der Waals surface area contributed by atoms with Crippen molar-refractivity contribution in [3.05, 3.63) is 0 Å². The molecule has 75 heavy (non-hydrogen) atoms. The summed E-state index contributed by atoms with van der Waals surface area (Å²) in [6.07, 6.45) is -36.6. The number of hydrogen-bond acceptors (Lipinski definition) is 30. The van der Waals surface area contributed by atoms with Crippen molar-refractivity contribution in [2.24, 2.45) is 23.7 Å². The minimum atomic E-state index is -1.89. The van der Waals surface area contributed by atoms with E-state index in [1.54, 1.807) is 6.92 Å². The van der Waals surface area contributed by atoms with E-state index in [4.69, 9.17) is 56.8 Å². The van der Waals surface area contributed by atoms with Gasteiger partial charge in [0, 0.05) is 23.7 Å². The van der Waals surface area contributed by atoms with Gasteiger partial charge in [-0.3, -0.25) is 0 Å². The van der Waals surface area contributed by atoms with Gasteiger partial charge in [0.1, 0.15) is 110 Å². The van der Waals surface area contributed by atoms with E-state index in [0.717, 1.165) is 0 Å². The normalized spacial score (nSPS) is 49.8. The fourth-order valence-corrected chi connectivity index (χ4v) is 10.7. The molecular formula is C45H76O30. The summed E-state index contributed by atoms with van der Waals surface area (Å²) in [5.74, 6) is -6.15. The molecule has 0 spiro atoms. The average molecular weight is 1100 g/mol. The van der Waals surface area contributed by atoms with E-state index in [-0.39, 0.29) is 14.6 Å². The van der Waals surface area contributed by atoms with Crippen LogP contribution < -0.4 is 5.11 Å². The quantitative estimate of drug-likeness (QED) is 0.0538. The van der Waals surface area contributed by atoms with Gasteiger partial charge in [-0.1, -0.05) is 0 Å². The fraction of sp³-hybridized carbons (Fsp3) is 0.978. The first-order valence-electron chi connectivity index (χ1n) is 25.1. The number of carbonyl (C=O) groups excluding carboxylic acids is 1. The Kier molecular flexibility index (Phi) is 22.1. The Hall–Kier alpha value is -1.65. The standard InChI is InChI=1S/C45H76O30/c1-15-16(31(51)34(54)21(3-47)70-15)5-64-10-24-36(56)32(52)17(20(2-46)71-24)6-65-12-26-37(57)33(53)19(42(74-26)44(62)63)7-66-9-23-29(49)18-8-68-43-41(61)39(59)27(75-45(43)69-14-28(73-23)30(18)50)13-67-11-25-38(58)40(60)35(55)22(4-48)72-25/h15-43,45-61H,2-14H2,1H3,(H,62,63)/t15?,16?,17?,18-,19?,20?,21?,22?,23?,24?,25?,26?,27?,28?,29?,30?,31-,32+,33+,34?,35?,36?,37?,38?,39?,40+,41+,42?,43?,45?/m0/s1. The third-order valence-corrected chi connectivity index (χ3v) is 15.5. The summed E-state index contributed by atoms with van der Waals surface area (Å²) in [7, 11) is 0. The lowest BCUT2D eigenvalue weighted by Crippen LogP contribution is -2.62. The minimum absolute atomic E-state index is 0. The number of ether oxygens (including phenoxy) is 12. The predicted octanol–water partition coefficient (Wildman–Crippen LogP) is -12.0. The third-order valence-electron chi connectivity index (χ3n) is 15.5.